The van der Waals surface area contributed by atoms with E-state index >= 15 is 0 Å². The van der Waals surface area contributed by atoms with Crippen molar-refractivity contribution in [3.63, 3.8) is 0 Å². The number of hydrogen-bond acceptors (Lipinski definition) is 3. The fourth-order valence-electron chi connectivity index (χ4n) is 2.48. The minimum absolute atomic E-state index is 0.0818. The number of H-pyrrole nitrogens is 1. The SMILES string of the molecule is O=C(NCC1(CO)CCCC1)c1ccc[nH]c1=O. The van der Waals surface area contributed by atoms with Crippen LogP contribution in [0.3, 0.4) is 0 Å². The summed E-state index contributed by atoms with van der Waals surface area (Å²) in [6.45, 7) is 0.509. The molecule has 0 aliphatic heterocycles. The van der Waals surface area contributed by atoms with Crippen LogP contribution in [0.15, 0.2) is 23.1 Å². The fourth-order valence-corrected chi connectivity index (χ4v) is 2.48. The van der Waals surface area contributed by atoms with Gasteiger partial charge < -0.3 is 15.4 Å². The predicted octanol–water partition coefficient (Wildman–Crippen LogP) is 0.657. The zero-order chi connectivity index (χ0) is 13.0. The topological polar surface area (TPSA) is 82.2 Å². The van der Waals surface area contributed by atoms with Crippen LogP contribution in [0.4, 0.5) is 0 Å². The molecule has 0 radical (unpaired) electrons. The van der Waals surface area contributed by atoms with Crippen LogP contribution in [-0.4, -0.2) is 29.1 Å². The van der Waals surface area contributed by atoms with Gasteiger partial charge in [0.25, 0.3) is 11.5 Å². The second-order valence-corrected chi connectivity index (χ2v) is 4.96. The number of carbonyl (C=O) groups excluding carboxylic acids is 1. The Morgan fingerprint density at radius 3 is 2.78 bits per heavy atom. The minimum Gasteiger partial charge on any atom is -0.396 e. The van der Waals surface area contributed by atoms with E-state index in [9.17, 15) is 14.7 Å². The van der Waals surface area contributed by atoms with E-state index in [1.165, 1.54) is 12.3 Å². The number of amides is 1. The molecule has 1 fully saturated rings. The predicted molar refractivity (Wildman–Crippen MR) is 67.4 cm³/mol. The van der Waals surface area contributed by atoms with Crippen LogP contribution in [-0.2, 0) is 0 Å². The third-order valence-electron chi connectivity index (χ3n) is 3.69. The summed E-state index contributed by atoms with van der Waals surface area (Å²) in [7, 11) is 0. The third kappa shape index (κ3) is 2.61. The van der Waals surface area contributed by atoms with E-state index in [4.69, 9.17) is 0 Å². The summed E-state index contributed by atoms with van der Waals surface area (Å²) < 4.78 is 0. The number of pyridine rings is 1. The highest BCUT2D eigenvalue weighted by molar-refractivity contribution is 5.93. The van der Waals surface area contributed by atoms with Crippen LogP contribution in [0.25, 0.3) is 0 Å². The third-order valence-corrected chi connectivity index (χ3v) is 3.69. The molecule has 3 N–H and O–H groups in total. The van der Waals surface area contributed by atoms with Gasteiger partial charge in [0.05, 0.1) is 6.61 Å². The van der Waals surface area contributed by atoms with Crippen LogP contribution in [0.5, 0.6) is 0 Å². The maximum Gasteiger partial charge on any atom is 0.260 e. The number of carbonyl (C=O) groups is 1. The van der Waals surface area contributed by atoms with Crippen LogP contribution < -0.4 is 10.9 Å². The normalized spacial score (nSPS) is 17.6. The van der Waals surface area contributed by atoms with Crippen molar-refractivity contribution in [1.82, 2.24) is 10.3 Å². The Kier molecular flexibility index (Phi) is 3.81. The largest absolute Gasteiger partial charge is 0.396 e. The van der Waals surface area contributed by atoms with Crippen molar-refractivity contribution >= 4 is 5.91 Å². The smallest absolute Gasteiger partial charge is 0.260 e. The Morgan fingerprint density at radius 1 is 1.44 bits per heavy atom. The molecule has 0 bridgehead atoms. The summed E-state index contributed by atoms with van der Waals surface area (Å²) in [6.07, 6.45) is 5.51. The van der Waals surface area contributed by atoms with Crippen LogP contribution >= 0.6 is 0 Å². The Hall–Kier alpha value is -1.62. The van der Waals surface area contributed by atoms with Crippen molar-refractivity contribution in [1.29, 1.82) is 0 Å². The molecule has 0 atom stereocenters. The molecule has 5 heteroatoms. The summed E-state index contributed by atoms with van der Waals surface area (Å²) in [5, 5.41) is 12.2. The summed E-state index contributed by atoms with van der Waals surface area (Å²) in [6, 6.07) is 3.11. The molecule has 18 heavy (non-hydrogen) atoms. The molecular weight excluding hydrogens is 232 g/mol. The number of aliphatic hydroxyl groups excluding tert-OH is 1. The summed E-state index contributed by atoms with van der Waals surface area (Å²) in [5.74, 6) is -0.378. The second kappa shape index (κ2) is 5.35. The van der Waals surface area contributed by atoms with Gasteiger partial charge in [-0.3, -0.25) is 9.59 Å². The van der Waals surface area contributed by atoms with Gasteiger partial charge in [-0.05, 0) is 25.0 Å². The van der Waals surface area contributed by atoms with Crippen molar-refractivity contribution in [2.24, 2.45) is 5.41 Å². The zero-order valence-electron chi connectivity index (χ0n) is 10.2. The van der Waals surface area contributed by atoms with Crippen molar-refractivity contribution in [3.8, 4) is 0 Å². The molecule has 5 nitrogen and oxygen atoms in total. The lowest BCUT2D eigenvalue weighted by atomic mass is 9.87. The number of hydrogen-bond donors (Lipinski definition) is 3. The number of aromatic amines is 1. The van der Waals surface area contributed by atoms with E-state index in [0.717, 1.165) is 25.7 Å². The monoisotopic (exact) mass is 250 g/mol. The lowest BCUT2D eigenvalue weighted by Gasteiger charge is -2.26. The Labute approximate surface area is 105 Å². The maximum atomic E-state index is 11.9. The van der Waals surface area contributed by atoms with Gasteiger partial charge in [0, 0.05) is 18.2 Å². The first-order valence-corrected chi connectivity index (χ1v) is 6.24. The zero-order valence-corrected chi connectivity index (χ0v) is 10.2. The molecule has 1 amide bonds. The Morgan fingerprint density at radius 2 is 2.17 bits per heavy atom. The molecule has 1 saturated carbocycles. The quantitative estimate of drug-likeness (QED) is 0.734. The van der Waals surface area contributed by atoms with E-state index < -0.39 is 0 Å². The first kappa shape index (κ1) is 12.8. The fraction of sp³-hybridized carbons (Fsp3) is 0.538. The van der Waals surface area contributed by atoms with Gasteiger partial charge in [-0.2, -0.15) is 0 Å². The van der Waals surface area contributed by atoms with Crippen molar-refractivity contribution in [2.75, 3.05) is 13.2 Å². The van der Waals surface area contributed by atoms with Gasteiger partial charge in [-0.25, -0.2) is 0 Å². The van der Waals surface area contributed by atoms with Gasteiger partial charge in [-0.1, -0.05) is 12.8 Å². The van der Waals surface area contributed by atoms with E-state index in [1.54, 1.807) is 6.07 Å². The summed E-state index contributed by atoms with van der Waals surface area (Å²) in [4.78, 5) is 25.8. The highest BCUT2D eigenvalue weighted by atomic mass is 16.3. The average molecular weight is 250 g/mol. The summed E-state index contributed by atoms with van der Waals surface area (Å²) in [5.41, 5.74) is -0.472. The average Bonchev–Trinajstić information content (AvgIpc) is 2.86. The number of aliphatic hydroxyl groups is 1. The van der Waals surface area contributed by atoms with E-state index in [2.05, 4.69) is 10.3 Å². The number of rotatable bonds is 4. The molecule has 1 aromatic heterocycles. The molecule has 2 rings (SSSR count). The van der Waals surface area contributed by atoms with Crippen LogP contribution in [0.1, 0.15) is 36.0 Å². The molecule has 1 aliphatic carbocycles. The second-order valence-electron chi connectivity index (χ2n) is 4.96. The Balaban J connectivity index is 2.00. The standard InChI is InChI=1S/C13H18N2O3/c16-9-13(5-1-2-6-13)8-15-12(18)10-4-3-7-14-11(10)17/h3-4,7,16H,1-2,5-6,8-9H2,(H,14,17)(H,15,18). The highest BCUT2D eigenvalue weighted by Crippen LogP contribution is 2.36. The molecule has 1 aliphatic rings. The van der Waals surface area contributed by atoms with Gasteiger partial charge in [0.2, 0.25) is 0 Å². The molecular formula is C13H18N2O3. The van der Waals surface area contributed by atoms with Crippen molar-refractivity contribution < 1.29 is 9.90 Å². The first-order chi connectivity index (χ1) is 8.67. The van der Waals surface area contributed by atoms with Crippen molar-refractivity contribution in [2.45, 2.75) is 25.7 Å². The van der Waals surface area contributed by atoms with Crippen LogP contribution in [0, 0.1) is 5.41 Å². The van der Waals surface area contributed by atoms with E-state index in [-0.39, 0.29) is 29.1 Å². The molecule has 1 aromatic rings. The highest BCUT2D eigenvalue weighted by Gasteiger charge is 2.33. The number of aromatic nitrogens is 1. The molecule has 0 unspecified atom stereocenters. The molecule has 0 spiro atoms. The molecule has 0 saturated heterocycles. The molecule has 98 valence electrons. The molecule has 1 heterocycles. The first-order valence-electron chi connectivity index (χ1n) is 6.24. The van der Waals surface area contributed by atoms with E-state index in [0.29, 0.717) is 6.54 Å². The van der Waals surface area contributed by atoms with Crippen molar-refractivity contribution in [3.05, 3.63) is 34.2 Å². The van der Waals surface area contributed by atoms with Gasteiger partial charge >= 0.3 is 0 Å². The maximum absolute atomic E-state index is 11.9. The van der Waals surface area contributed by atoms with Gasteiger partial charge in [0.15, 0.2) is 0 Å². The lowest BCUT2D eigenvalue weighted by Crippen LogP contribution is -2.39. The minimum atomic E-state index is -0.389. The Bertz CT molecular complexity index is 475. The summed E-state index contributed by atoms with van der Waals surface area (Å²) >= 11 is 0. The van der Waals surface area contributed by atoms with Crippen LogP contribution in [0.2, 0.25) is 0 Å². The van der Waals surface area contributed by atoms with Gasteiger partial charge in [-0.15, -0.1) is 0 Å². The molecule has 0 aromatic carbocycles. The number of nitrogens with one attached hydrogen (secondary N) is 2. The van der Waals surface area contributed by atoms with Gasteiger partial charge in [0.1, 0.15) is 5.56 Å². The lowest BCUT2D eigenvalue weighted by molar-refractivity contribution is 0.0879. The van der Waals surface area contributed by atoms with E-state index in [1.807, 2.05) is 0 Å².